The molecule has 0 aliphatic rings. The second kappa shape index (κ2) is 6.55. The summed E-state index contributed by atoms with van der Waals surface area (Å²) >= 11 is 0. The monoisotopic (exact) mass is 232 g/mol. The first-order valence-electron chi connectivity index (χ1n) is 6.19. The summed E-state index contributed by atoms with van der Waals surface area (Å²) in [5.41, 5.74) is -0.743. The van der Waals surface area contributed by atoms with E-state index in [0.717, 1.165) is 25.7 Å². The average Bonchev–Trinajstić information content (AvgIpc) is 2.35. The summed E-state index contributed by atoms with van der Waals surface area (Å²) in [4.78, 5) is 7.39. The van der Waals surface area contributed by atoms with Crippen LogP contribution in [0.2, 0.25) is 0 Å². The van der Waals surface area contributed by atoms with E-state index >= 15 is 0 Å². The maximum absolute atomic E-state index is 5.70. The molecule has 0 aromatic heterocycles. The van der Waals surface area contributed by atoms with Gasteiger partial charge in [-0.2, -0.15) is 0 Å². The minimum Gasteiger partial charge on any atom is -0.364 e. The molecule has 0 saturated heterocycles. The van der Waals surface area contributed by atoms with Crippen LogP contribution in [0.5, 0.6) is 0 Å². The molecule has 0 aliphatic heterocycles. The minimum atomic E-state index is -0.442. The first-order chi connectivity index (χ1) is 7.52. The molecule has 0 aromatic carbocycles. The van der Waals surface area contributed by atoms with Crippen molar-refractivity contribution in [2.45, 2.75) is 64.8 Å². The van der Waals surface area contributed by atoms with E-state index in [2.05, 4.69) is 32.6 Å². The van der Waals surface area contributed by atoms with Gasteiger partial charge in [0.2, 0.25) is 0 Å². The fourth-order valence-electron chi connectivity index (χ4n) is 2.49. The van der Waals surface area contributed by atoms with E-state index in [0.29, 0.717) is 0 Å². The molecule has 0 rings (SSSR count). The summed E-state index contributed by atoms with van der Waals surface area (Å²) in [6.45, 7) is 8.41. The number of ether oxygens (including phenoxy) is 1. The molecule has 2 N–H and O–H groups in total. The van der Waals surface area contributed by atoms with E-state index < -0.39 is 5.72 Å². The van der Waals surface area contributed by atoms with Crippen molar-refractivity contribution < 1.29 is 9.57 Å². The molecule has 0 heterocycles. The molecule has 0 aliphatic carbocycles. The smallest absolute Gasteiger partial charge is 0.143 e. The van der Waals surface area contributed by atoms with Crippen molar-refractivity contribution in [1.82, 2.24) is 4.90 Å². The third kappa shape index (κ3) is 2.56. The predicted octanol–water partition coefficient (Wildman–Crippen LogP) is 2.49. The Morgan fingerprint density at radius 2 is 1.31 bits per heavy atom. The summed E-state index contributed by atoms with van der Waals surface area (Å²) in [5.74, 6) is 5.49. The number of nitrogens with zero attached hydrogens (tertiary/aromatic N) is 1. The Balaban J connectivity index is 5.16. The van der Waals surface area contributed by atoms with Gasteiger partial charge in [0, 0.05) is 7.11 Å². The zero-order valence-electron chi connectivity index (χ0n) is 11.7. The molecule has 4 nitrogen and oxygen atoms in total. The zero-order valence-corrected chi connectivity index (χ0v) is 11.7. The highest BCUT2D eigenvalue weighted by Gasteiger charge is 2.43. The van der Waals surface area contributed by atoms with Crippen molar-refractivity contribution in [3.63, 3.8) is 0 Å². The van der Waals surface area contributed by atoms with Crippen LogP contribution in [0.15, 0.2) is 0 Å². The Morgan fingerprint density at radius 1 is 0.938 bits per heavy atom. The van der Waals surface area contributed by atoms with E-state index in [1.165, 1.54) is 0 Å². The normalized spacial score (nSPS) is 13.5. The van der Waals surface area contributed by atoms with Crippen LogP contribution in [0.3, 0.4) is 0 Å². The van der Waals surface area contributed by atoms with Crippen molar-refractivity contribution in [3.05, 3.63) is 0 Å². The Hall–Kier alpha value is -0.160. The Bertz CT molecular complexity index is 153. The number of hydrogen-bond acceptors (Lipinski definition) is 4. The van der Waals surface area contributed by atoms with Crippen LogP contribution >= 0.6 is 0 Å². The van der Waals surface area contributed by atoms with Crippen LogP contribution in [0.1, 0.15) is 53.4 Å². The van der Waals surface area contributed by atoms with Crippen LogP contribution in [0.4, 0.5) is 0 Å². The van der Waals surface area contributed by atoms with Crippen molar-refractivity contribution in [2.24, 2.45) is 5.90 Å². The Kier molecular flexibility index (Phi) is 6.48. The highest BCUT2D eigenvalue weighted by molar-refractivity contribution is 4.86. The molecule has 0 saturated carbocycles. The molecule has 0 radical (unpaired) electrons. The Labute approximate surface area is 100 Å². The summed E-state index contributed by atoms with van der Waals surface area (Å²) in [7, 11) is 3.77. The van der Waals surface area contributed by atoms with Crippen molar-refractivity contribution in [1.29, 1.82) is 0 Å². The lowest BCUT2D eigenvalue weighted by molar-refractivity contribution is -0.257. The summed E-state index contributed by atoms with van der Waals surface area (Å²) < 4.78 is 5.70. The molecule has 0 aromatic rings. The van der Waals surface area contributed by atoms with Crippen molar-refractivity contribution in [2.75, 3.05) is 14.2 Å². The highest BCUT2D eigenvalue weighted by atomic mass is 16.7. The second-order valence-corrected chi connectivity index (χ2v) is 4.19. The fourth-order valence-corrected chi connectivity index (χ4v) is 2.49. The van der Waals surface area contributed by atoms with E-state index in [1.807, 2.05) is 7.05 Å². The zero-order chi connectivity index (χ0) is 12.8. The lowest BCUT2D eigenvalue weighted by Crippen LogP contribution is -2.61. The van der Waals surface area contributed by atoms with Gasteiger partial charge in [-0.25, -0.2) is 10.8 Å². The van der Waals surface area contributed by atoms with Crippen molar-refractivity contribution >= 4 is 0 Å². The van der Waals surface area contributed by atoms with E-state index in [4.69, 9.17) is 15.5 Å². The number of nitrogens with two attached hydrogens (primary N) is 1. The van der Waals surface area contributed by atoms with Crippen LogP contribution < -0.4 is 5.90 Å². The first kappa shape index (κ1) is 15.8. The van der Waals surface area contributed by atoms with Gasteiger partial charge in [0.15, 0.2) is 0 Å². The molecule has 0 fully saturated rings. The highest BCUT2D eigenvalue weighted by Crippen LogP contribution is 2.34. The average molecular weight is 232 g/mol. The van der Waals surface area contributed by atoms with Crippen molar-refractivity contribution in [3.8, 4) is 0 Å². The SMILES string of the molecule is CCC(CC)(OC)N(C)C(CC)(CC)ON. The van der Waals surface area contributed by atoms with E-state index in [-0.39, 0.29) is 5.72 Å². The summed E-state index contributed by atoms with van der Waals surface area (Å²) in [6.07, 6.45) is 3.48. The number of hydrogen-bond donors (Lipinski definition) is 1. The maximum Gasteiger partial charge on any atom is 0.143 e. The molecule has 0 atom stereocenters. The van der Waals surface area contributed by atoms with Gasteiger partial charge < -0.3 is 4.74 Å². The van der Waals surface area contributed by atoms with Gasteiger partial charge in [0.25, 0.3) is 0 Å². The number of rotatable bonds is 8. The van der Waals surface area contributed by atoms with Gasteiger partial charge in [0.1, 0.15) is 11.4 Å². The molecule has 0 amide bonds. The first-order valence-corrected chi connectivity index (χ1v) is 6.19. The van der Waals surface area contributed by atoms with E-state index in [9.17, 15) is 0 Å². The van der Waals surface area contributed by atoms with Gasteiger partial charge in [-0.1, -0.05) is 27.7 Å². The third-order valence-electron chi connectivity index (χ3n) is 4.03. The van der Waals surface area contributed by atoms with Crippen LogP contribution in [0, 0.1) is 0 Å². The molecular formula is C12H28N2O2. The summed E-state index contributed by atoms with van der Waals surface area (Å²) in [5, 5.41) is 0. The van der Waals surface area contributed by atoms with Crippen LogP contribution in [0.25, 0.3) is 0 Å². The largest absolute Gasteiger partial charge is 0.364 e. The fraction of sp³-hybridized carbons (Fsp3) is 1.00. The molecule has 0 bridgehead atoms. The van der Waals surface area contributed by atoms with Gasteiger partial charge in [-0.05, 0) is 32.7 Å². The predicted molar refractivity (Wildman–Crippen MR) is 66.7 cm³/mol. The van der Waals surface area contributed by atoms with Crippen LogP contribution in [-0.4, -0.2) is 30.5 Å². The van der Waals surface area contributed by atoms with Gasteiger partial charge in [-0.3, -0.25) is 4.84 Å². The quantitative estimate of drug-likeness (QED) is 0.516. The van der Waals surface area contributed by atoms with E-state index in [1.54, 1.807) is 7.11 Å². The lowest BCUT2D eigenvalue weighted by Gasteiger charge is -2.49. The lowest BCUT2D eigenvalue weighted by atomic mass is 9.98. The third-order valence-corrected chi connectivity index (χ3v) is 4.03. The maximum atomic E-state index is 5.70. The Morgan fingerprint density at radius 3 is 1.50 bits per heavy atom. The second-order valence-electron chi connectivity index (χ2n) is 4.19. The molecular weight excluding hydrogens is 204 g/mol. The topological polar surface area (TPSA) is 47.7 Å². The molecule has 0 unspecified atom stereocenters. The standard InChI is InChI=1S/C12H28N2O2/c1-7-11(8-2,15-6)14(5)12(9-3,10-4)16-13/h7-10,13H2,1-6H3. The molecule has 4 heteroatoms. The summed E-state index contributed by atoms with van der Waals surface area (Å²) in [6, 6.07) is 0. The molecule has 98 valence electrons. The van der Waals surface area contributed by atoms with Crippen LogP contribution in [-0.2, 0) is 9.57 Å². The number of methoxy groups -OCH3 is 1. The van der Waals surface area contributed by atoms with Gasteiger partial charge >= 0.3 is 0 Å². The van der Waals surface area contributed by atoms with Gasteiger partial charge in [-0.15, -0.1) is 0 Å². The van der Waals surface area contributed by atoms with Gasteiger partial charge in [0.05, 0.1) is 0 Å². The molecule has 16 heavy (non-hydrogen) atoms. The minimum absolute atomic E-state index is 0.300. The molecule has 0 spiro atoms.